The molecule has 0 bridgehead atoms. The van der Waals surface area contributed by atoms with Crippen LogP contribution in [0.25, 0.3) is 0 Å². The Morgan fingerprint density at radius 1 is 1.44 bits per heavy atom. The van der Waals surface area contributed by atoms with E-state index >= 15 is 0 Å². The van der Waals surface area contributed by atoms with E-state index in [-0.39, 0.29) is 5.82 Å². The quantitative estimate of drug-likeness (QED) is 0.845. The first-order valence-electron chi connectivity index (χ1n) is 5.79. The number of halogens is 2. The minimum Gasteiger partial charge on any atom is -0.311 e. The van der Waals surface area contributed by atoms with Crippen LogP contribution in [0.3, 0.4) is 0 Å². The minimum atomic E-state index is -0.273. The first-order chi connectivity index (χ1) is 8.65. The van der Waals surface area contributed by atoms with E-state index in [1.165, 1.54) is 6.07 Å². The number of aromatic nitrogens is 2. The molecule has 0 saturated carbocycles. The molecule has 1 N–H and O–H groups in total. The molecule has 0 saturated heterocycles. The number of hydrogen-bond acceptors (Lipinski definition) is 2. The van der Waals surface area contributed by atoms with Crippen molar-refractivity contribution in [2.24, 2.45) is 0 Å². The van der Waals surface area contributed by atoms with E-state index in [1.54, 1.807) is 12.1 Å². The average molecular weight is 268 g/mol. The molecule has 1 heterocycles. The van der Waals surface area contributed by atoms with Crippen LogP contribution in [0.2, 0.25) is 5.02 Å². The van der Waals surface area contributed by atoms with Crippen LogP contribution in [0.15, 0.2) is 30.6 Å². The highest BCUT2D eigenvalue weighted by Gasteiger charge is 2.02. The van der Waals surface area contributed by atoms with Gasteiger partial charge in [0.1, 0.15) is 5.82 Å². The lowest BCUT2D eigenvalue weighted by Crippen LogP contribution is -2.20. The van der Waals surface area contributed by atoms with E-state index in [4.69, 9.17) is 11.6 Å². The first-order valence-corrected chi connectivity index (χ1v) is 6.16. The summed E-state index contributed by atoms with van der Waals surface area (Å²) in [5.74, 6) is -0.273. The second-order valence-electron chi connectivity index (χ2n) is 4.19. The Morgan fingerprint density at radius 3 is 2.94 bits per heavy atom. The summed E-state index contributed by atoms with van der Waals surface area (Å²) in [6, 6.07) is 4.72. The molecule has 3 nitrogen and oxygen atoms in total. The topological polar surface area (TPSA) is 29.9 Å². The van der Waals surface area contributed by atoms with Crippen molar-refractivity contribution in [2.75, 3.05) is 6.54 Å². The van der Waals surface area contributed by atoms with Crippen molar-refractivity contribution in [3.8, 4) is 0 Å². The van der Waals surface area contributed by atoms with Crippen LogP contribution in [0.4, 0.5) is 4.39 Å². The average Bonchev–Trinajstić information content (AvgIpc) is 2.73. The van der Waals surface area contributed by atoms with E-state index in [0.29, 0.717) is 17.1 Å². The van der Waals surface area contributed by atoms with Crippen LogP contribution in [0.5, 0.6) is 0 Å². The predicted molar refractivity (Wildman–Crippen MR) is 70.1 cm³/mol. The maximum absolute atomic E-state index is 13.5. The molecule has 0 spiro atoms. The molecule has 0 amide bonds. The fourth-order valence-electron chi connectivity index (χ4n) is 1.67. The lowest BCUT2D eigenvalue weighted by molar-refractivity contribution is 0.540. The number of aryl methyl sites for hydroxylation is 1. The Balaban J connectivity index is 1.78. The highest BCUT2D eigenvalue weighted by atomic mass is 35.5. The van der Waals surface area contributed by atoms with Crippen molar-refractivity contribution in [1.82, 2.24) is 15.1 Å². The molecule has 0 aliphatic carbocycles. The Labute approximate surface area is 111 Å². The lowest BCUT2D eigenvalue weighted by atomic mass is 10.2. The van der Waals surface area contributed by atoms with Gasteiger partial charge >= 0.3 is 0 Å². The van der Waals surface area contributed by atoms with Gasteiger partial charge in [-0.15, -0.1) is 0 Å². The Kier molecular flexibility index (Phi) is 4.33. The van der Waals surface area contributed by atoms with Crippen LogP contribution in [0, 0.1) is 12.7 Å². The van der Waals surface area contributed by atoms with Crippen molar-refractivity contribution in [3.05, 3.63) is 52.6 Å². The largest absolute Gasteiger partial charge is 0.311 e. The fourth-order valence-corrected chi connectivity index (χ4v) is 1.83. The molecule has 2 aromatic rings. The van der Waals surface area contributed by atoms with E-state index in [2.05, 4.69) is 10.4 Å². The molecular formula is C13H15ClFN3. The summed E-state index contributed by atoms with van der Waals surface area (Å²) in [7, 11) is 0. The lowest BCUT2D eigenvalue weighted by Gasteiger charge is -2.06. The molecule has 18 heavy (non-hydrogen) atoms. The molecule has 0 radical (unpaired) electrons. The molecular weight excluding hydrogens is 253 g/mol. The molecule has 2 rings (SSSR count). The van der Waals surface area contributed by atoms with E-state index in [0.717, 1.165) is 18.7 Å². The van der Waals surface area contributed by atoms with Gasteiger partial charge < -0.3 is 5.32 Å². The highest BCUT2D eigenvalue weighted by molar-refractivity contribution is 6.30. The Bertz CT molecular complexity index is 525. The van der Waals surface area contributed by atoms with Crippen molar-refractivity contribution in [3.63, 3.8) is 0 Å². The van der Waals surface area contributed by atoms with Gasteiger partial charge in [0, 0.05) is 29.9 Å². The first kappa shape index (κ1) is 13.1. The summed E-state index contributed by atoms with van der Waals surface area (Å²) >= 11 is 5.69. The van der Waals surface area contributed by atoms with Crippen molar-refractivity contribution < 1.29 is 4.39 Å². The van der Waals surface area contributed by atoms with Gasteiger partial charge in [0.15, 0.2) is 0 Å². The maximum atomic E-state index is 13.5. The molecule has 0 fully saturated rings. The SMILES string of the molecule is Cc1cnn(CCNCc2ccc(Cl)cc2F)c1. The van der Waals surface area contributed by atoms with E-state index in [1.807, 2.05) is 24.0 Å². The van der Waals surface area contributed by atoms with Gasteiger partial charge in [0.05, 0.1) is 12.7 Å². The highest BCUT2D eigenvalue weighted by Crippen LogP contribution is 2.14. The fraction of sp³-hybridized carbons (Fsp3) is 0.308. The zero-order valence-corrected chi connectivity index (χ0v) is 10.9. The second kappa shape index (κ2) is 5.98. The van der Waals surface area contributed by atoms with E-state index in [9.17, 15) is 4.39 Å². The maximum Gasteiger partial charge on any atom is 0.129 e. The summed E-state index contributed by atoms with van der Waals surface area (Å²) in [6.45, 7) is 4.00. The second-order valence-corrected chi connectivity index (χ2v) is 4.63. The molecule has 1 aromatic carbocycles. The third kappa shape index (κ3) is 3.55. The third-order valence-electron chi connectivity index (χ3n) is 2.61. The number of benzene rings is 1. The van der Waals surface area contributed by atoms with Crippen molar-refractivity contribution >= 4 is 11.6 Å². The summed E-state index contributed by atoms with van der Waals surface area (Å²) in [6.07, 6.45) is 3.80. The van der Waals surface area contributed by atoms with Gasteiger partial charge in [-0.3, -0.25) is 4.68 Å². The van der Waals surface area contributed by atoms with Crippen LogP contribution >= 0.6 is 11.6 Å². The van der Waals surface area contributed by atoms with Gasteiger partial charge in [-0.2, -0.15) is 5.10 Å². The number of nitrogens with zero attached hydrogens (tertiary/aromatic N) is 2. The standard InChI is InChI=1S/C13H15ClFN3/c1-10-7-17-18(9-10)5-4-16-8-11-2-3-12(14)6-13(11)15/h2-3,6-7,9,16H,4-5,8H2,1H3. The molecule has 0 aliphatic heterocycles. The molecule has 5 heteroatoms. The van der Waals surface area contributed by atoms with Crippen LogP contribution < -0.4 is 5.32 Å². The van der Waals surface area contributed by atoms with Gasteiger partial charge in [-0.05, 0) is 24.6 Å². The predicted octanol–water partition coefficient (Wildman–Crippen LogP) is 2.77. The van der Waals surface area contributed by atoms with Crippen molar-refractivity contribution in [2.45, 2.75) is 20.0 Å². The summed E-state index contributed by atoms with van der Waals surface area (Å²) in [5, 5.41) is 7.77. The van der Waals surface area contributed by atoms with Gasteiger partial charge in [0.2, 0.25) is 0 Å². The van der Waals surface area contributed by atoms with Crippen LogP contribution in [-0.4, -0.2) is 16.3 Å². The van der Waals surface area contributed by atoms with Crippen LogP contribution in [-0.2, 0) is 13.1 Å². The number of nitrogens with one attached hydrogen (secondary N) is 1. The normalized spacial score (nSPS) is 10.8. The van der Waals surface area contributed by atoms with E-state index < -0.39 is 0 Å². The smallest absolute Gasteiger partial charge is 0.129 e. The van der Waals surface area contributed by atoms with Gasteiger partial charge in [-0.1, -0.05) is 17.7 Å². The number of rotatable bonds is 5. The third-order valence-corrected chi connectivity index (χ3v) is 2.85. The summed E-state index contributed by atoms with van der Waals surface area (Å²) in [4.78, 5) is 0. The molecule has 0 aliphatic rings. The van der Waals surface area contributed by atoms with Crippen molar-refractivity contribution in [1.29, 1.82) is 0 Å². The Hall–Kier alpha value is -1.39. The zero-order chi connectivity index (χ0) is 13.0. The zero-order valence-electron chi connectivity index (χ0n) is 10.2. The summed E-state index contributed by atoms with van der Waals surface area (Å²) < 4.78 is 15.3. The molecule has 0 unspecified atom stereocenters. The van der Waals surface area contributed by atoms with Crippen LogP contribution in [0.1, 0.15) is 11.1 Å². The number of hydrogen-bond donors (Lipinski definition) is 1. The summed E-state index contributed by atoms with van der Waals surface area (Å²) in [5.41, 5.74) is 1.76. The van der Waals surface area contributed by atoms with Gasteiger partial charge in [0.25, 0.3) is 0 Å². The van der Waals surface area contributed by atoms with Gasteiger partial charge in [-0.25, -0.2) is 4.39 Å². The Morgan fingerprint density at radius 2 is 2.28 bits per heavy atom. The molecule has 0 atom stereocenters. The molecule has 1 aromatic heterocycles. The monoisotopic (exact) mass is 267 g/mol. The minimum absolute atomic E-state index is 0.273. The molecule has 96 valence electrons.